The van der Waals surface area contributed by atoms with E-state index in [0.717, 1.165) is 6.07 Å². The molecule has 0 heterocycles. The van der Waals surface area contributed by atoms with Crippen molar-refractivity contribution in [1.29, 1.82) is 0 Å². The lowest BCUT2D eigenvalue weighted by molar-refractivity contribution is 0.625. The second kappa shape index (κ2) is 4.46. The molecule has 0 aliphatic carbocycles. The molecule has 0 saturated heterocycles. The van der Waals surface area contributed by atoms with Crippen LogP contribution in [0.2, 0.25) is 5.02 Å². The van der Waals surface area contributed by atoms with Gasteiger partial charge >= 0.3 is 0 Å². The Bertz CT molecular complexity index is 607. The van der Waals surface area contributed by atoms with Crippen LogP contribution in [0.4, 0.5) is 20.2 Å². The van der Waals surface area contributed by atoms with E-state index in [4.69, 9.17) is 23.1 Å². The SMILES string of the molecule is Cc1c(N)cc(F)c(-c2cc(F)cc(Cl)c2)c1N. The van der Waals surface area contributed by atoms with E-state index in [-0.39, 0.29) is 27.5 Å². The Morgan fingerprint density at radius 3 is 2.33 bits per heavy atom. The number of nitrogen functional groups attached to an aromatic ring is 2. The van der Waals surface area contributed by atoms with Gasteiger partial charge < -0.3 is 11.5 Å². The Balaban J connectivity index is 2.75. The fourth-order valence-corrected chi connectivity index (χ4v) is 2.00. The van der Waals surface area contributed by atoms with E-state index in [1.54, 1.807) is 6.92 Å². The van der Waals surface area contributed by atoms with Crippen molar-refractivity contribution in [3.8, 4) is 11.1 Å². The highest BCUT2D eigenvalue weighted by atomic mass is 35.5. The van der Waals surface area contributed by atoms with Crippen molar-refractivity contribution < 1.29 is 8.78 Å². The minimum Gasteiger partial charge on any atom is -0.398 e. The Labute approximate surface area is 108 Å². The minimum atomic E-state index is -0.600. The molecule has 0 aromatic heterocycles. The van der Waals surface area contributed by atoms with Crippen LogP contribution in [0.3, 0.4) is 0 Å². The number of nitrogens with two attached hydrogens (primary N) is 2. The van der Waals surface area contributed by atoms with Gasteiger partial charge in [0.25, 0.3) is 0 Å². The molecule has 0 bridgehead atoms. The fourth-order valence-electron chi connectivity index (χ4n) is 1.78. The van der Waals surface area contributed by atoms with Crippen LogP contribution in [0.25, 0.3) is 11.1 Å². The third-order valence-corrected chi connectivity index (χ3v) is 3.00. The van der Waals surface area contributed by atoms with Crippen LogP contribution in [-0.2, 0) is 0 Å². The first kappa shape index (κ1) is 12.6. The molecule has 0 unspecified atom stereocenters. The predicted molar refractivity (Wildman–Crippen MR) is 70.4 cm³/mol. The number of hydrogen-bond acceptors (Lipinski definition) is 2. The molecule has 0 radical (unpaired) electrons. The number of anilines is 2. The number of halogens is 3. The van der Waals surface area contributed by atoms with Crippen molar-refractivity contribution in [2.75, 3.05) is 11.5 Å². The lowest BCUT2D eigenvalue weighted by Crippen LogP contribution is -2.01. The Morgan fingerprint density at radius 1 is 1.06 bits per heavy atom. The maximum atomic E-state index is 13.9. The summed E-state index contributed by atoms with van der Waals surface area (Å²) in [5.41, 5.74) is 12.9. The van der Waals surface area contributed by atoms with Crippen molar-refractivity contribution in [1.82, 2.24) is 0 Å². The maximum absolute atomic E-state index is 13.9. The second-order valence-corrected chi connectivity index (χ2v) is 4.46. The van der Waals surface area contributed by atoms with E-state index in [0.29, 0.717) is 5.56 Å². The van der Waals surface area contributed by atoms with E-state index in [1.807, 2.05) is 0 Å². The predicted octanol–water partition coefficient (Wildman–Crippen LogP) is 3.76. The van der Waals surface area contributed by atoms with E-state index >= 15 is 0 Å². The molecule has 2 rings (SSSR count). The molecule has 2 aromatic rings. The molecular weight excluding hydrogens is 258 g/mol. The van der Waals surface area contributed by atoms with E-state index < -0.39 is 11.6 Å². The van der Waals surface area contributed by atoms with Crippen molar-refractivity contribution >= 4 is 23.0 Å². The number of benzene rings is 2. The minimum absolute atomic E-state index is 0.114. The van der Waals surface area contributed by atoms with Crippen molar-refractivity contribution in [2.45, 2.75) is 6.92 Å². The van der Waals surface area contributed by atoms with Gasteiger partial charge in [-0.2, -0.15) is 0 Å². The van der Waals surface area contributed by atoms with E-state index in [9.17, 15) is 8.78 Å². The molecular formula is C13H11ClF2N2. The molecule has 4 N–H and O–H groups in total. The highest BCUT2D eigenvalue weighted by Gasteiger charge is 2.15. The molecule has 2 aromatic carbocycles. The standard InChI is InChI=1S/C13H11ClF2N2/c1-6-11(17)5-10(16)12(13(6)18)7-2-8(14)4-9(15)3-7/h2-5H,17-18H2,1H3. The Hall–Kier alpha value is -1.81. The van der Waals surface area contributed by atoms with Crippen LogP contribution in [0.15, 0.2) is 24.3 Å². The molecule has 18 heavy (non-hydrogen) atoms. The van der Waals surface area contributed by atoms with Crippen LogP contribution in [-0.4, -0.2) is 0 Å². The number of hydrogen-bond donors (Lipinski definition) is 2. The summed E-state index contributed by atoms with van der Waals surface area (Å²) >= 11 is 5.75. The van der Waals surface area contributed by atoms with Crippen LogP contribution in [0.5, 0.6) is 0 Å². The van der Waals surface area contributed by atoms with Gasteiger partial charge in [0.15, 0.2) is 0 Å². The highest BCUT2D eigenvalue weighted by Crippen LogP contribution is 2.35. The summed E-state index contributed by atoms with van der Waals surface area (Å²) < 4.78 is 27.2. The van der Waals surface area contributed by atoms with Crippen molar-refractivity contribution in [3.05, 3.63) is 46.5 Å². The zero-order chi connectivity index (χ0) is 13.4. The van der Waals surface area contributed by atoms with Gasteiger partial charge in [-0.3, -0.25) is 0 Å². The zero-order valence-corrected chi connectivity index (χ0v) is 10.4. The van der Waals surface area contributed by atoms with Gasteiger partial charge in [-0.15, -0.1) is 0 Å². The highest BCUT2D eigenvalue weighted by molar-refractivity contribution is 6.30. The third-order valence-electron chi connectivity index (χ3n) is 2.78. The van der Waals surface area contributed by atoms with Crippen LogP contribution < -0.4 is 11.5 Å². The molecule has 0 amide bonds. The average Bonchev–Trinajstić information content (AvgIpc) is 2.24. The molecule has 0 saturated carbocycles. The summed E-state index contributed by atoms with van der Waals surface area (Å²) in [6.45, 7) is 1.68. The lowest BCUT2D eigenvalue weighted by atomic mass is 9.99. The van der Waals surface area contributed by atoms with E-state index in [1.165, 1.54) is 18.2 Å². The van der Waals surface area contributed by atoms with Crippen molar-refractivity contribution in [2.24, 2.45) is 0 Å². The quantitative estimate of drug-likeness (QED) is 0.774. The molecule has 2 nitrogen and oxygen atoms in total. The second-order valence-electron chi connectivity index (χ2n) is 4.02. The molecule has 0 aliphatic heterocycles. The first-order valence-electron chi connectivity index (χ1n) is 5.20. The summed E-state index contributed by atoms with van der Waals surface area (Å²) in [6.07, 6.45) is 0. The van der Waals surface area contributed by atoms with Gasteiger partial charge in [0.2, 0.25) is 0 Å². The third kappa shape index (κ3) is 2.11. The summed E-state index contributed by atoms with van der Waals surface area (Å²) in [6, 6.07) is 4.94. The summed E-state index contributed by atoms with van der Waals surface area (Å²) in [4.78, 5) is 0. The molecule has 0 fully saturated rings. The lowest BCUT2D eigenvalue weighted by Gasteiger charge is -2.12. The van der Waals surface area contributed by atoms with Gasteiger partial charge in [-0.1, -0.05) is 11.6 Å². The maximum Gasteiger partial charge on any atom is 0.135 e. The molecule has 5 heteroatoms. The molecule has 0 atom stereocenters. The van der Waals surface area contributed by atoms with Crippen LogP contribution >= 0.6 is 11.6 Å². The fraction of sp³-hybridized carbons (Fsp3) is 0.0769. The largest absolute Gasteiger partial charge is 0.398 e. The van der Waals surface area contributed by atoms with Gasteiger partial charge in [0.05, 0.1) is 0 Å². The molecule has 94 valence electrons. The van der Waals surface area contributed by atoms with Gasteiger partial charge in [-0.05, 0) is 42.3 Å². The van der Waals surface area contributed by atoms with Crippen LogP contribution in [0.1, 0.15) is 5.56 Å². The monoisotopic (exact) mass is 268 g/mol. The first-order valence-corrected chi connectivity index (χ1v) is 5.58. The Kier molecular flexibility index (Phi) is 3.13. The zero-order valence-electron chi connectivity index (χ0n) is 9.60. The van der Waals surface area contributed by atoms with Crippen molar-refractivity contribution in [3.63, 3.8) is 0 Å². The first-order chi connectivity index (χ1) is 8.40. The van der Waals surface area contributed by atoms with Gasteiger partial charge in [0, 0.05) is 22.0 Å². The molecule has 0 spiro atoms. The number of rotatable bonds is 1. The van der Waals surface area contributed by atoms with Gasteiger partial charge in [-0.25, -0.2) is 8.78 Å². The normalized spacial score (nSPS) is 10.7. The topological polar surface area (TPSA) is 52.0 Å². The summed E-state index contributed by atoms with van der Waals surface area (Å²) in [5, 5.41) is 0.179. The smallest absolute Gasteiger partial charge is 0.135 e. The Morgan fingerprint density at radius 2 is 1.72 bits per heavy atom. The summed E-state index contributed by atoms with van der Waals surface area (Å²) in [7, 11) is 0. The average molecular weight is 269 g/mol. The van der Waals surface area contributed by atoms with E-state index in [2.05, 4.69) is 0 Å². The van der Waals surface area contributed by atoms with Crippen LogP contribution in [0, 0.1) is 18.6 Å². The van der Waals surface area contributed by atoms with Gasteiger partial charge in [0.1, 0.15) is 11.6 Å². The summed E-state index contributed by atoms with van der Waals surface area (Å²) in [5.74, 6) is -1.15. The molecule has 0 aliphatic rings.